The molecule has 0 aromatic heterocycles. The summed E-state index contributed by atoms with van der Waals surface area (Å²) in [5.74, 6) is -1.51. The highest BCUT2D eigenvalue weighted by molar-refractivity contribution is 7.85. The molecule has 0 unspecified atom stereocenters. The first-order valence-corrected chi connectivity index (χ1v) is 6.49. The van der Waals surface area contributed by atoms with Crippen molar-refractivity contribution in [3.63, 3.8) is 0 Å². The molecule has 0 saturated heterocycles. The largest absolute Gasteiger partial charge is 0.464 e. The number of carbonyl (C=O) groups excluding carboxylic acids is 2. The smallest absolute Gasteiger partial charge is 0.334 e. The van der Waals surface area contributed by atoms with E-state index in [-0.39, 0.29) is 13.2 Å². The Hall–Kier alpha value is -1.19. The quantitative estimate of drug-likeness (QED) is 0.375. The third-order valence-corrected chi connectivity index (χ3v) is 1.08. The first-order chi connectivity index (χ1) is 7.63. The fourth-order valence-corrected chi connectivity index (χ4v) is 0.560. The summed E-state index contributed by atoms with van der Waals surface area (Å²) in [6.07, 6.45) is 0.715. The van der Waals surface area contributed by atoms with Crippen molar-refractivity contribution in [2.24, 2.45) is 5.73 Å². The summed E-state index contributed by atoms with van der Waals surface area (Å²) in [6.45, 7) is 3.67. The summed E-state index contributed by atoms with van der Waals surface area (Å²) in [5, 5.41) is 0. The maximum absolute atomic E-state index is 10.8. The second-order valence-corrected chi connectivity index (χ2v) is 4.18. The van der Waals surface area contributed by atoms with Gasteiger partial charge in [-0.05, 0) is 13.8 Å². The van der Waals surface area contributed by atoms with Gasteiger partial charge in [0.1, 0.15) is 0 Å². The molecule has 0 amide bonds. The van der Waals surface area contributed by atoms with Crippen LogP contribution in [0.2, 0.25) is 0 Å². The van der Waals surface area contributed by atoms with E-state index < -0.39 is 28.1 Å². The van der Waals surface area contributed by atoms with Crippen molar-refractivity contribution < 1.29 is 32.0 Å². The zero-order chi connectivity index (χ0) is 14.1. The molecule has 17 heavy (non-hydrogen) atoms. The Kier molecular flexibility index (Phi) is 9.52. The van der Waals surface area contributed by atoms with E-state index in [2.05, 4.69) is 9.47 Å². The minimum Gasteiger partial charge on any atom is -0.464 e. The third kappa shape index (κ3) is 14.8. The molecule has 0 saturated carbocycles. The maximum Gasteiger partial charge on any atom is 0.334 e. The van der Waals surface area contributed by atoms with E-state index in [0.717, 1.165) is 0 Å². The van der Waals surface area contributed by atoms with Crippen molar-refractivity contribution in [1.29, 1.82) is 0 Å². The van der Waals surface area contributed by atoms with Crippen LogP contribution in [-0.4, -0.2) is 50.4 Å². The molecule has 0 aliphatic rings. The summed E-state index contributed by atoms with van der Waals surface area (Å²) in [5.41, 5.74) is 5.18. The van der Waals surface area contributed by atoms with Crippen LogP contribution in [0.4, 0.5) is 0 Å². The van der Waals surface area contributed by atoms with Crippen molar-refractivity contribution in [3.8, 4) is 0 Å². The lowest BCUT2D eigenvalue weighted by Gasteiger charge is -2.08. The van der Waals surface area contributed by atoms with Gasteiger partial charge in [-0.25, -0.2) is 9.59 Å². The first-order valence-electron chi connectivity index (χ1n) is 4.64. The average molecular weight is 271 g/mol. The number of nitrogens with two attached hydrogens (primary N) is 1. The molecule has 0 aliphatic carbocycles. The third-order valence-electron chi connectivity index (χ3n) is 1.08. The fourth-order valence-electron chi connectivity index (χ4n) is 0.560. The van der Waals surface area contributed by atoms with Crippen LogP contribution in [0.3, 0.4) is 0 Å². The lowest BCUT2D eigenvalue weighted by atomic mass is 10.3. The predicted molar refractivity (Wildman–Crippen MR) is 58.7 cm³/mol. The van der Waals surface area contributed by atoms with E-state index >= 15 is 0 Å². The van der Waals surface area contributed by atoms with Crippen molar-refractivity contribution in [1.82, 2.24) is 0 Å². The normalized spacial score (nSPS) is 10.2. The number of hydrogen-bond acceptors (Lipinski definition) is 7. The Bertz CT molecular complexity index is 312. The van der Waals surface area contributed by atoms with Gasteiger partial charge < -0.3 is 15.2 Å². The lowest BCUT2D eigenvalue weighted by molar-refractivity contribution is -0.156. The van der Waals surface area contributed by atoms with Gasteiger partial charge in [0.05, 0.1) is 19.5 Å². The highest BCUT2D eigenvalue weighted by Gasteiger charge is 2.24. The Balaban J connectivity index is 0. The molecule has 0 aliphatic heterocycles. The van der Waals surface area contributed by atoms with Crippen molar-refractivity contribution in [3.05, 3.63) is 0 Å². The highest BCUT2D eigenvalue weighted by atomic mass is 32.2. The molecular formula is C8H17NO7S. The standard InChI is InChI=1S/C7H13NO4.CH4O3S/c1-3-11-6(9)5(8)7(10)12-4-2;1-5(2,3)4/h5H,3-4,8H2,1-2H3;1H3,(H,2,3,4). The van der Waals surface area contributed by atoms with Crippen molar-refractivity contribution in [2.75, 3.05) is 19.5 Å². The summed E-state index contributed by atoms with van der Waals surface area (Å²) >= 11 is 0. The Morgan fingerprint density at radius 1 is 1.18 bits per heavy atom. The SMILES string of the molecule is CCOC(=O)C(N)C(=O)OCC.CS(=O)(=O)O. The van der Waals surface area contributed by atoms with Gasteiger partial charge in [0, 0.05) is 0 Å². The minimum atomic E-state index is -3.67. The summed E-state index contributed by atoms with van der Waals surface area (Å²) in [7, 11) is -3.67. The van der Waals surface area contributed by atoms with Crippen LogP contribution in [0.5, 0.6) is 0 Å². The van der Waals surface area contributed by atoms with E-state index in [4.69, 9.17) is 10.3 Å². The first kappa shape index (κ1) is 18.2. The zero-order valence-electron chi connectivity index (χ0n) is 9.87. The summed E-state index contributed by atoms with van der Waals surface area (Å²) in [6, 6.07) is -1.31. The lowest BCUT2D eigenvalue weighted by Crippen LogP contribution is -2.41. The Labute approximate surface area is 99.8 Å². The average Bonchev–Trinajstić information content (AvgIpc) is 2.14. The molecule has 0 radical (unpaired) electrons. The highest BCUT2D eigenvalue weighted by Crippen LogP contribution is 1.89. The fraction of sp³-hybridized carbons (Fsp3) is 0.750. The van der Waals surface area contributed by atoms with Crippen LogP contribution in [-0.2, 0) is 29.2 Å². The zero-order valence-corrected chi connectivity index (χ0v) is 10.7. The molecule has 8 nitrogen and oxygen atoms in total. The molecule has 0 aromatic rings. The van der Waals surface area contributed by atoms with Gasteiger partial charge in [-0.15, -0.1) is 0 Å². The number of ether oxygens (including phenoxy) is 2. The molecular weight excluding hydrogens is 254 g/mol. The van der Waals surface area contributed by atoms with Gasteiger partial charge in [0.15, 0.2) is 0 Å². The molecule has 0 rings (SSSR count). The second kappa shape index (κ2) is 8.90. The van der Waals surface area contributed by atoms with E-state index in [1.807, 2.05) is 0 Å². The Morgan fingerprint density at radius 2 is 1.41 bits per heavy atom. The van der Waals surface area contributed by atoms with Crippen LogP contribution in [0.15, 0.2) is 0 Å². The molecule has 102 valence electrons. The van der Waals surface area contributed by atoms with Crippen LogP contribution >= 0.6 is 0 Å². The molecule has 0 bridgehead atoms. The monoisotopic (exact) mass is 271 g/mol. The number of hydrogen-bond donors (Lipinski definition) is 2. The summed E-state index contributed by atoms with van der Waals surface area (Å²) in [4.78, 5) is 21.6. The summed E-state index contributed by atoms with van der Waals surface area (Å²) < 4.78 is 34.9. The molecule has 0 heterocycles. The minimum absolute atomic E-state index is 0.200. The van der Waals surface area contributed by atoms with Gasteiger partial charge >= 0.3 is 11.9 Å². The molecule has 0 fully saturated rings. The van der Waals surface area contributed by atoms with E-state index in [0.29, 0.717) is 6.26 Å². The number of carbonyl (C=O) groups is 2. The van der Waals surface area contributed by atoms with Crippen LogP contribution in [0.1, 0.15) is 13.8 Å². The van der Waals surface area contributed by atoms with Gasteiger partial charge in [-0.2, -0.15) is 8.42 Å². The number of rotatable bonds is 4. The van der Waals surface area contributed by atoms with Gasteiger partial charge in [-0.3, -0.25) is 4.55 Å². The van der Waals surface area contributed by atoms with Gasteiger partial charge in [0.2, 0.25) is 6.04 Å². The maximum atomic E-state index is 10.8. The van der Waals surface area contributed by atoms with Crippen molar-refractivity contribution >= 4 is 22.1 Å². The van der Waals surface area contributed by atoms with E-state index in [1.165, 1.54) is 0 Å². The molecule has 0 atom stereocenters. The Morgan fingerprint density at radius 3 is 1.59 bits per heavy atom. The topological polar surface area (TPSA) is 133 Å². The molecule has 9 heteroatoms. The van der Waals surface area contributed by atoms with Crippen LogP contribution < -0.4 is 5.73 Å². The molecule has 0 spiro atoms. The van der Waals surface area contributed by atoms with Gasteiger partial charge in [-0.1, -0.05) is 0 Å². The molecule has 0 aromatic carbocycles. The van der Waals surface area contributed by atoms with Crippen LogP contribution in [0, 0.1) is 0 Å². The van der Waals surface area contributed by atoms with Gasteiger partial charge in [0.25, 0.3) is 10.1 Å². The second-order valence-electron chi connectivity index (χ2n) is 2.71. The predicted octanol–water partition coefficient (Wildman–Crippen LogP) is -1.06. The van der Waals surface area contributed by atoms with E-state index in [9.17, 15) is 18.0 Å². The van der Waals surface area contributed by atoms with Crippen molar-refractivity contribution in [2.45, 2.75) is 19.9 Å². The number of esters is 2. The molecule has 3 N–H and O–H groups in total. The van der Waals surface area contributed by atoms with Crippen LogP contribution in [0.25, 0.3) is 0 Å². The van der Waals surface area contributed by atoms with E-state index in [1.54, 1.807) is 13.8 Å².